The van der Waals surface area contributed by atoms with Gasteiger partial charge >= 0.3 is 0 Å². The van der Waals surface area contributed by atoms with Crippen molar-refractivity contribution in [3.8, 4) is 0 Å². The van der Waals surface area contributed by atoms with E-state index in [0.717, 1.165) is 22.3 Å². The lowest BCUT2D eigenvalue weighted by atomic mass is 10.0. The molecule has 5 aromatic rings. The Bertz CT molecular complexity index is 1650. The van der Waals surface area contributed by atoms with Gasteiger partial charge in [0.2, 0.25) is 5.91 Å². The molecule has 1 unspecified atom stereocenters. The van der Waals surface area contributed by atoms with Crippen molar-refractivity contribution in [3.63, 3.8) is 0 Å². The van der Waals surface area contributed by atoms with Gasteiger partial charge in [0.1, 0.15) is 18.1 Å². The fourth-order valence-electron chi connectivity index (χ4n) is 4.64. The molecule has 1 aromatic heterocycles. The molecule has 0 aliphatic carbocycles. The number of aryl methyl sites for hydroxylation is 1. The number of carbonyl (C=O) groups excluding carboxylic acids is 2. The molecule has 0 spiro atoms. The van der Waals surface area contributed by atoms with Crippen LogP contribution < -0.4 is 10.2 Å². The zero-order valence-electron chi connectivity index (χ0n) is 23.2. The van der Waals surface area contributed by atoms with Gasteiger partial charge in [0.05, 0.1) is 5.52 Å². The Labute approximate surface area is 244 Å². The maximum absolute atomic E-state index is 14.1. The van der Waals surface area contributed by atoms with Gasteiger partial charge in [-0.25, -0.2) is 4.68 Å². The van der Waals surface area contributed by atoms with Gasteiger partial charge in [0.25, 0.3) is 5.91 Å². The monoisotopic (exact) mass is 566 g/mol. The third-order valence-corrected chi connectivity index (χ3v) is 7.15. The lowest BCUT2D eigenvalue weighted by Gasteiger charge is -2.32. The summed E-state index contributed by atoms with van der Waals surface area (Å²) in [5, 5.41) is 12.0. The minimum absolute atomic E-state index is 0.0821. The van der Waals surface area contributed by atoms with E-state index < -0.39 is 6.04 Å². The molecule has 0 saturated carbocycles. The molecule has 0 bridgehead atoms. The first-order chi connectivity index (χ1) is 19.8. The van der Waals surface area contributed by atoms with Crippen molar-refractivity contribution in [2.45, 2.75) is 26.1 Å². The molecule has 41 heavy (non-hydrogen) atoms. The number of fused-ring (bicyclic) bond motifs is 1. The number of hydrogen-bond donors (Lipinski definition) is 1. The van der Waals surface area contributed by atoms with Gasteiger partial charge in [0.15, 0.2) is 0 Å². The Morgan fingerprint density at radius 2 is 1.59 bits per heavy atom. The van der Waals surface area contributed by atoms with Gasteiger partial charge in [0, 0.05) is 37.0 Å². The van der Waals surface area contributed by atoms with Crippen LogP contribution >= 0.6 is 11.6 Å². The second-order valence-electron chi connectivity index (χ2n) is 10.1. The molecule has 0 aliphatic heterocycles. The molecule has 0 fully saturated rings. The topological polar surface area (TPSA) is 83.4 Å². The zero-order valence-corrected chi connectivity index (χ0v) is 23.9. The summed E-state index contributed by atoms with van der Waals surface area (Å²) in [6, 6.07) is 29.0. The minimum atomic E-state index is -0.940. The number of anilines is 2. The van der Waals surface area contributed by atoms with Crippen molar-refractivity contribution in [1.29, 1.82) is 0 Å². The van der Waals surface area contributed by atoms with Crippen molar-refractivity contribution in [3.05, 3.63) is 119 Å². The van der Waals surface area contributed by atoms with Crippen LogP contribution in [0.5, 0.6) is 0 Å². The Morgan fingerprint density at radius 1 is 0.902 bits per heavy atom. The van der Waals surface area contributed by atoms with E-state index >= 15 is 0 Å². The summed E-state index contributed by atoms with van der Waals surface area (Å²) in [7, 11) is 3.91. The number of nitrogens with one attached hydrogen (secondary N) is 1. The van der Waals surface area contributed by atoms with Crippen molar-refractivity contribution >= 4 is 45.8 Å². The average Bonchev–Trinajstić information content (AvgIpc) is 3.37. The molecule has 208 valence electrons. The summed E-state index contributed by atoms with van der Waals surface area (Å²) in [4.78, 5) is 31.7. The molecule has 0 radical (unpaired) electrons. The Kier molecular flexibility index (Phi) is 8.31. The van der Waals surface area contributed by atoms with E-state index in [2.05, 4.69) is 15.6 Å². The highest BCUT2D eigenvalue weighted by Crippen LogP contribution is 2.28. The number of aromatic nitrogens is 3. The second-order valence-corrected chi connectivity index (χ2v) is 10.6. The number of nitrogens with zero attached hydrogens (tertiary/aromatic N) is 5. The SMILES string of the molecule is Cc1ccc(CN(C(=O)Cn2nnc3ccccc32)C(C(=O)Nc2ccc(N(C)C)cc2)c2ccc(Cl)cc2)cc1. The molecule has 8 nitrogen and oxygen atoms in total. The fourth-order valence-corrected chi connectivity index (χ4v) is 4.76. The van der Waals surface area contributed by atoms with E-state index in [1.807, 2.05) is 98.7 Å². The number of amides is 2. The quantitative estimate of drug-likeness (QED) is 0.241. The first kappa shape index (κ1) is 27.9. The van der Waals surface area contributed by atoms with Crippen molar-refractivity contribution < 1.29 is 9.59 Å². The highest BCUT2D eigenvalue weighted by molar-refractivity contribution is 6.30. The van der Waals surface area contributed by atoms with Gasteiger partial charge in [-0.3, -0.25) is 9.59 Å². The van der Waals surface area contributed by atoms with Crippen LogP contribution in [0.1, 0.15) is 22.7 Å². The molecular formula is C32H31ClN6O2. The van der Waals surface area contributed by atoms with Gasteiger partial charge in [-0.2, -0.15) is 0 Å². The summed E-state index contributed by atoms with van der Waals surface area (Å²) < 4.78 is 1.57. The molecule has 9 heteroatoms. The number of para-hydroxylation sites is 1. The van der Waals surface area contributed by atoms with Crippen LogP contribution in [0, 0.1) is 6.92 Å². The molecule has 1 heterocycles. The standard InChI is InChI=1S/C32H31ClN6O2/c1-22-8-10-23(11-9-22)20-38(30(40)21-39-29-7-5-4-6-28(29)35-36-39)31(24-12-14-25(33)15-13-24)32(41)34-26-16-18-27(19-17-26)37(2)3/h4-19,31H,20-21H2,1-3H3,(H,34,41). The minimum Gasteiger partial charge on any atom is -0.378 e. The zero-order chi connectivity index (χ0) is 28.9. The first-order valence-corrected chi connectivity index (χ1v) is 13.6. The summed E-state index contributed by atoms with van der Waals surface area (Å²) in [5.74, 6) is -0.617. The van der Waals surface area contributed by atoms with E-state index in [0.29, 0.717) is 21.8 Å². The maximum atomic E-state index is 14.1. The van der Waals surface area contributed by atoms with E-state index in [1.165, 1.54) is 0 Å². The second kappa shape index (κ2) is 12.2. The van der Waals surface area contributed by atoms with Crippen molar-refractivity contribution in [2.75, 3.05) is 24.3 Å². The van der Waals surface area contributed by atoms with Crippen LogP contribution in [-0.2, 0) is 22.7 Å². The third-order valence-electron chi connectivity index (χ3n) is 6.90. The highest BCUT2D eigenvalue weighted by atomic mass is 35.5. The van der Waals surface area contributed by atoms with Gasteiger partial charge in [-0.15, -0.1) is 5.10 Å². The third kappa shape index (κ3) is 6.56. The molecule has 0 aliphatic rings. The normalized spacial score (nSPS) is 11.7. The Morgan fingerprint density at radius 3 is 2.27 bits per heavy atom. The number of benzene rings is 4. The van der Waals surface area contributed by atoms with E-state index in [9.17, 15) is 9.59 Å². The number of carbonyl (C=O) groups is 2. The van der Waals surface area contributed by atoms with Crippen molar-refractivity contribution in [1.82, 2.24) is 19.9 Å². The molecule has 2 amide bonds. The Hall–Kier alpha value is -4.69. The van der Waals surface area contributed by atoms with Crippen LogP contribution in [0.4, 0.5) is 11.4 Å². The lowest BCUT2D eigenvalue weighted by molar-refractivity contribution is -0.140. The van der Waals surface area contributed by atoms with Gasteiger partial charge in [-0.05, 0) is 66.6 Å². The van der Waals surface area contributed by atoms with E-state index in [1.54, 1.807) is 33.8 Å². The van der Waals surface area contributed by atoms with Crippen molar-refractivity contribution in [2.24, 2.45) is 0 Å². The smallest absolute Gasteiger partial charge is 0.251 e. The molecule has 1 N–H and O–H groups in total. The fraction of sp³-hybridized carbons (Fsp3) is 0.188. The largest absolute Gasteiger partial charge is 0.378 e. The maximum Gasteiger partial charge on any atom is 0.251 e. The molecular weight excluding hydrogens is 536 g/mol. The van der Waals surface area contributed by atoms with Gasteiger partial charge < -0.3 is 15.1 Å². The highest BCUT2D eigenvalue weighted by Gasteiger charge is 2.32. The summed E-state index contributed by atoms with van der Waals surface area (Å²) >= 11 is 6.20. The van der Waals surface area contributed by atoms with E-state index in [4.69, 9.17) is 11.6 Å². The van der Waals surface area contributed by atoms with Crippen LogP contribution in [-0.4, -0.2) is 45.8 Å². The molecule has 4 aromatic carbocycles. The van der Waals surface area contributed by atoms with Crippen LogP contribution in [0.2, 0.25) is 5.02 Å². The summed E-state index contributed by atoms with van der Waals surface area (Å²) in [6.07, 6.45) is 0. The predicted octanol–water partition coefficient (Wildman–Crippen LogP) is 5.87. The van der Waals surface area contributed by atoms with Gasteiger partial charge in [-0.1, -0.05) is 70.9 Å². The average molecular weight is 567 g/mol. The first-order valence-electron chi connectivity index (χ1n) is 13.3. The van der Waals surface area contributed by atoms with E-state index in [-0.39, 0.29) is 24.9 Å². The summed E-state index contributed by atoms with van der Waals surface area (Å²) in [5.41, 5.74) is 5.71. The molecule has 0 saturated heterocycles. The van der Waals surface area contributed by atoms with Crippen LogP contribution in [0.15, 0.2) is 97.1 Å². The molecule has 1 atom stereocenters. The number of rotatable bonds is 9. The number of hydrogen-bond acceptors (Lipinski definition) is 5. The Balaban J connectivity index is 1.53. The van der Waals surface area contributed by atoms with Crippen LogP contribution in [0.25, 0.3) is 11.0 Å². The molecule has 5 rings (SSSR count). The lowest BCUT2D eigenvalue weighted by Crippen LogP contribution is -2.42. The van der Waals surface area contributed by atoms with Crippen LogP contribution in [0.3, 0.4) is 0 Å². The predicted molar refractivity (Wildman–Crippen MR) is 163 cm³/mol. The summed E-state index contributed by atoms with van der Waals surface area (Å²) in [6.45, 7) is 2.14. The number of halogens is 1.